The van der Waals surface area contributed by atoms with E-state index in [9.17, 15) is 9.59 Å². The smallest absolute Gasteiger partial charge is 0.407 e. The number of rotatable bonds is 5. The molecule has 1 aromatic carbocycles. The second kappa shape index (κ2) is 8.92. The lowest BCUT2D eigenvalue weighted by molar-refractivity contribution is -0.116. The molecule has 1 saturated heterocycles. The van der Waals surface area contributed by atoms with Gasteiger partial charge in [-0.2, -0.15) is 0 Å². The molecule has 0 unspecified atom stereocenters. The van der Waals surface area contributed by atoms with Gasteiger partial charge in [0.1, 0.15) is 5.60 Å². The summed E-state index contributed by atoms with van der Waals surface area (Å²) in [5, 5.41) is 5.43. The first kappa shape index (κ1) is 20.1. The summed E-state index contributed by atoms with van der Waals surface area (Å²) in [4.78, 5) is 25.9. The molecule has 0 saturated carbocycles. The van der Waals surface area contributed by atoms with Crippen molar-refractivity contribution in [3.8, 4) is 0 Å². The fraction of sp³-hybridized carbons (Fsp3) is 0.600. The van der Waals surface area contributed by atoms with E-state index in [0.717, 1.165) is 24.7 Å². The van der Waals surface area contributed by atoms with E-state index in [1.165, 1.54) is 18.5 Å². The number of ether oxygens (including phenoxy) is 1. The van der Waals surface area contributed by atoms with E-state index in [-0.39, 0.29) is 18.9 Å². The minimum Gasteiger partial charge on any atom is -0.444 e. The van der Waals surface area contributed by atoms with Crippen LogP contribution >= 0.6 is 0 Å². The quantitative estimate of drug-likeness (QED) is 0.837. The van der Waals surface area contributed by atoms with E-state index < -0.39 is 11.7 Å². The summed E-state index contributed by atoms with van der Waals surface area (Å²) in [6.45, 7) is 10.1. The van der Waals surface area contributed by atoms with Crippen LogP contribution in [-0.4, -0.2) is 37.2 Å². The van der Waals surface area contributed by atoms with Crippen molar-refractivity contribution in [2.24, 2.45) is 5.92 Å². The molecule has 1 aromatic rings. The number of carbonyl (C=O) groups excluding carboxylic acids is 2. The van der Waals surface area contributed by atoms with Crippen molar-refractivity contribution < 1.29 is 14.3 Å². The lowest BCUT2D eigenvalue weighted by Crippen LogP contribution is -2.34. The predicted octanol–water partition coefficient (Wildman–Crippen LogP) is 3.78. The molecule has 2 N–H and O–H groups in total. The molecule has 144 valence electrons. The number of piperidine rings is 1. The van der Waals surface area contributed by atoms with Gasteiger partial charge in [-0.1, -0.05) is 6.92 Å². The average Bonchev–Trinajstić information content (AvgIpc) is 2.55. The first-order valence-corrected chi connectivity index (χ1v) is 9.34. The first-order valence-electron chi connectivity index (χ1n) is 9.34. The van der Waals surface area contributed by atoms with Crippen molar-refractivity contribution in [3.63, 3.8) is 0 Å². The van der Waals surface area contributed by atoms with Gasteiger partial charge in [0.15, 0.2) is 0 Å². The second-order valence-corrected chi connectivity index (χ2v) is 7.94. The molecule has 0 spiro atoms. The minimum atomic E-state index is -0.541. The molecule has 1 aliphatic heterocycles. The number of hydrogen-bond acceptors (Lipinski definition) is 4. The fourth-order valence-corrected chi connectivity index (χ4v) is 2.84. The van der Waals surface area contributed by atoms with Crippen LogP contribution in [0, 0.1) is 5.92 Å². The van der Waals surface area contributed by atoms with Crippen molar-refractivity contribution in [2.75, 3.05) is 29.9 Å². The molecule has 1 heterocycles. The van der Waals surface area contributed by atoms with E-state index in [1.54, 1.807) is 20.8 Å². The monoisotopic (exact) mass is 361 g/mol. The van der Waals surface area contributed by atoms with Crippen LogP contribution in [0.1, 0.15) is 47.0 Å². The Bertz CT molecular complexity index is 600. The highest BCUT2D eigenvalue weighted by molar-refractivity contribution is 5.91. The maximum atomic E-state index is 12.0. The van der Waals surface area contributed by atoms with Gasteiger partial charge in [-0.05, 0) is 63.8 Å². The molecular weight excluding hydrogens is 330 g/mol. The lowest BCUT2D eigenvalue weighted by Gasteiger charge is -2.32. The molecule has 1 aliphatic rings. The van der Waals surface area contributed by atoms with Gasteiger partial charge < -0.3 is 20.3 Å². The van der Waals surface area contributed by atoms with Crippen molar-refractivity contribution >= 4 is 23.4 Å². The summed E-state index contributed by atoms with van der Waals surface area (Å²) < 4.78 is 5.13. The number of benzene rings is 1. The number of alkyl carbamates (subject to hydrolysis) is 1. The van der Waals surface area contributed by atoms with E-state index in [4.69, 9.17) is 4.74 Å². The van der Waals surface area contributed by atoms with Crippen LogP contribution in [0.3, 0.4) is 0 Å². The summed E-state index contributed by atoms with van der Waals surface area (Å²) in [7, 11) is 0. The zero-order valence-corrected chi connectivity index (χ0v) is 16.3. The first-order chi connectivity index (χ1) is 12.2. The largest absolute Gasteiger partial charge is 0.444 e. The maximum absolute atomic E-state index is 12.0. The lowest BCUT2D eigenvalue weighted by atomic mass is 9.99. The van der Waals surface area contributed by atoms with Crippen molar-refractivity contribution in [1.82, 2.24) is 5.32 Å². The van der Waals surface area contributed by atoms with Gasteiger partial charge in [0.05, 0.1) is 0 Å². The van der Waals surface area contributed by atoms with Crippen molar-refractivity contribution in [1.29, 1.82) is 0 Å². The van der Waals surface area contributed by atoms with Gasteiger partial charge in [-0.3, -0.25) is 4.79 Å². The Morgan fingerprint density at radius 3 is 2.35 bits per heavy atom. The van der Waals surface area contributed by atoms with Crippen LogP contribution in [0.25, 0.3) is 0 Å². The normalized spacial score (nSPS) is 15.5. The SMILES string of the molecule is CC1CCN(c2ccc(NC(=O)CCNC(=O)OC(C)(C)C)cc2)CC1. The maximum Gasteiger partial charge on any atom is 0.407 e. The zero-order valence-electron chi connectivity index (χ0n) is 16.3. The second-order valence-electron chi connectivity index (χ2n) is 7.94. The van der Waals surface area contributed by atoms with Gasteiger partial charge in [-0.15, -0.1) is 0 Å². The Morgan fingerprint density at radius 1 is 1.15 bits per heavy atom. The molecule has 0 aliphatic carbocycles. The van der Waals surface area contributed by atoms with Crippen LogP contribution in [0.2, 0.25) is 0 Å². The van der Waals surface area contributed by atoms with Crippen LogP contribution in [0.5, 0.6) is 0 Å². The molecule has 0 radical (unpaired) electrons. The number of anilines is 2. The predicted molar refractivity (Wildman–Crippen MR) is 105 cm³/mol. The highest BCUT2D eigenvalue weighted by Crippen LogP contribution is 2.24. The summed E-state index contributed by atoms with van der Waals surface area (Å²) in [5.41, 5.74) is 1.42. The molecular formula is C20H31N3O3. The summed E-state index contributed by atoms with van der Waals surface area (Å²) in [6, 6.07) is 7.94. The van der Waals surface area contributed by atoms with Crippen molar-refractivity contribution in [2.45, 2.75) is 52.6 Å². The molecule has 2 rings (SSSR count). The van der Waals surface area contributed by atoms with Gasteiger partial charge in [0.2, 0.25) is 5.91 Å². The molecule has 0 bridgehead atoms. The standard InChI is InChI=1S/C20H31N3O3/c1-15-10-13-23(14-11-15)17-7-5-16(6-8-17)22-18(24)9-12-21-19(25)26-20(2,3)4/h5-8,15H,9-14H2,1-4H3,(H,21,25)(H,22,24). The zero-order chi connectivity index (χ0) is 19.2. The number of nitrogens with one attached hydrogen (secondary N) is 2. The Kier molecular flexibility index (Phi) is 6.89. The third-order valence-electron chi connectivity index (χ3n) is 4.32. The third kappa shape index (κ3) is 6.94. The van der Waals surface area contributed by atoms with Crippen molar-refractivity contribution in [3.05, 3.63) is 24.3 Å². The highest BCUT2D eigenvalue weighted by Gasteiger charge is 2.17. The topological polar surface area (TPSA) is 70.7 Å². The highest BCUT2D eigenvalue weighted by atomic mass is 16.6. The van der Waals surface area contributed by atoms with Crippen LogP contribution in [0.4, 0.5) is 16.2 Å². The molecule has 6 heteroatoms. The summed E-state index contributed by atoms with van der Waals surface area (Å²) in [5.74, 6) is 0.666. The van der Waals surface area contributed by atoms with Gasteiger partial charge in [0.25, 0.3) is 0 Å². The van der Waals surface area contributed by atoms with Gasteiger partial charge in [0, 0.05) is 37.4 Å². The van der Waals surface area contributed by atoms with E-state index >= 15 is 0 Å². The molecule has 0 atom stereocenters. The Balaban J connectivity index is 1.73. The van der Waals surface area contributed by atoms with Gasteiger partial charge >= 0.3 is 6.09 Å². The molecule has 2 amide bonds. The summed E-state index contributed by atoms with van der Waals surface area (Å²) in [6.07, 6.45) is 2.14. The molecule has 1 fully saturated rings. The van der Waals surface area contributed by atoms with Crippen LogP contribution < -0.4 is 15.5 Å². The number of carbonyl (C=O) groups is 2. The minimum absolute atomic E-state index is 0.138. The molecule has 26 heavy (non-hydrogen) atoms. The molecule has 0 aromatic heterocycles. The number of amides is 2. The third-order valence-corrected chi connectivity index (χ3v) is 4.32. The van der Waals surface area contributed by atoms with Gasteiger partial charge in [-0.25, -0.2) is 4.79 Å². The Hall–Kier alpha value is -2.24. The van der Waals surface area contributed by atoms with E-state index in [2.05, 4.69) is 22.5 Å². The number of hydrogen-bond donors (Lipinski definition) is 2. The average molecular weight is 361 g/mol. The molecule has 6 nitrogen and oxygen atoms in total. The van der Waals surface area contributed by atoms with Crippen LogP contribution in [0.15, 0.2) is 24.3 Å². The van der Waals surface area contributed by atoms with E-state index in [1.807, 2.05) is 24.3 Å². The Morgan fingerprint density at radius 2 is 1.77 bits per heavy atom. The number of nitrogens with zero attached hydrogens (tertiary/aromatic N) is 1. The fourth-order valence-electron chi connectivity index (χ4n) is 2.84. The summed E-state index contributed by atoms with van der Waals surface area (Å²) >= 11 is 0. The van der Waals surface area contributed by atoms with E-state index in [0.29, 0.717) is 0 Å². The Labute approximate surface area is 156 Å². The van der Waals surface area contributed by atoms with Crippen LogP contribution in [-0.2, 0) is 9.53 Å².